The Morgan fingerprint density at radius 1 is 0.500 bits per heavy atom. The van der Waals surface area contributed by atoms with Crippen LogP contribution in [0.5, 0.6) is 5.75 Å². The van der Waals surface area contributed by atoms with E-state index in [1.807, 2.05) is 0 Å². The Morgan fingerprint density at radius 3 is 1.22 bits per heavy atom. The molecule has 0 bridgehead atoms. The molecule has 0 spiro atoms. The normalized spacial score (nSPS) is 12.7. The number of nitrogens with zero attached hydrogens (tertiary/aromatic N) is 1. The molecule has 0 amide bonds. The molecule has 0 saturated carbocycles. The first-order valence-corrected chi connectivity index (χ1v) is 18.6. The van der Waals surface area contributed by atoms with Gasteiger partial charge in [-0.25, -0.2) is 0 Å². The van der Waals surface area contributed by atoms with E-state index in [9.17, 15) is 5.11 Å². The largest absolute Gasteiger partial charge is 0.507 e. The second-order valence-corrected chi connectivity index (χ2v) is 17.0. The molecule has 0 radical (unpaired) electrons. The fourth-order valence-corrected chi connectivity index (χ4v) is 7.09. The van der Waals surface area contributed by atoms with Crippen molar-refractivity contribution in [3.8, 4) is 5.75 Å². The quantitative estimate of drug-likeness (QED) is 0.143. The fraction of sp³-hybridized carbons (Fsp3) is 0.375. The van der Waals surface area contributed by atoms with Gasteiger partial charge >= 0.3 is 0 Å². The summed E-state index contributed by atoms with van der Waals surface area (Å²) in [5.74, 6) is 1.05. The molecule has 1 unspecified atom stereocenters. The molecule has 0 heterocycles. The number of hydrogen-bond acceptors (Lipinski definition) is 2. The van der Waals surface area contributed by atoms with E-state index >= 15 is 0 Å². The Balaban J connectivity index is 1.28. The summed E-state index contributed by atoms with van der Waals surface area (Å²) in [6.07, 6.45) is 3.95. The van der Waals surface area contributed by atoms with E-state index < -0.39 is 0 Å². The molecule has 5 rings (SSSR count). The van der Waals surface area contributed by atoms with E-state index in [-0.39, 0.29) is 10.8 Å². The van der Waals surface area contributed by atoms with E-state index in [0.29, 0.717) is 17.7 Å². The zero-order valence-electron chi connectivity index (χ0n) is 32.1. The first-order chi connectivity index (χ1) is 23.7. The zero-order chi connectivity index (χ0) is 36.1. The van der Waals surface area contributed by atoms with E-state index in [0.717, 1.165) is 43.4 Å². The topological polar surface area (TPSA) is 23.5 Å². The van der Waals surface area contributed by atoms with Crippen LogP contribution in [-0.2, 0) is 36.6 Å². The van der Waals surface area contributed by atoms with Crippen LogP contribution in [0, 0.1) is 5.92 Å². The third-order valence-electron chi connectivity index (χ3n) is 9.86. The average Bonchev–Trinajstić information content (AvgIpc) is 3.05. The van der Waals surface area contributed by atoms with E-state index in [2.05, 4.69) is 182 Å². The van der Waals surface area contributed by atoms with Crippen LogP contribution in [0.15, 0.2) is 115 Å². The molecule has 2 nitrogen and oxygen atoms in total. The van der Waals surface area contributed by atoms with Crippen LogP contribution < -0.4 is 4.90 Å². The van der Waals surface area contributed by atoms with Gasteiger partial charge in [-0.15, -0.1) is 0 Å². The predicted octanol–water partition coefficient (Wildman–Crippen LogP) is 12.2. The number of anilines is 1. The second kappa shape index (κ2) is 15.7. The SMILES string of the molecule is CC(C)CC(C)N(Cc1cc(C(C)(C)C)c(O)c(C(C)(C)C)c1)c1ccc(Cc2ccc(Cc3ccc(Cc4ccccc4)cc3)cc2)cc1. The standard InChI is InChI=1S/C48H59NO/c1-34(2)27-35(3)49(33-42-31-44(47(4,5)6)46(50)45(32-42)48(7,8)9)43-25-23-41(24-26-43)30-40-21-19-39(20-22-40)29-38-17-15-37(16-18-38)28-36-13-11-10-12-14-36/h10-26,31-32,34-35,50H,27-30,33H2,1-9H3. The Bertz CT molecular complexity index is 1770. The van der Waals surface area contributed by atoms with Crippen LogP contribution in [0.3, 0.4) is 0 Å². The number of benzene rings is 5. The van der Waals surface area contributed by atoms with Crippen molar-refractivity contribution in [2.75, 3.05) is 4.90 Å². The summed E-state index contributed by atoms with van der Waals surface area (Å²) < 4.78 is 0. The van der Waals surface area contributed by atoms with Gasteiger partial charge in [0.25, 0.3) is 0 Å². The van der Waals surface area contributed by atoms with Crippen LogP contribution in [0.2, 0.25) is 0 Å². The van der Waals surface area contributed by atoms with Crippen LogP contribution >= 0.6 is 0 Å². The van der Waals surface area contributed by atoms with Gasteiger partial charge in [0, 0.05) is 18.3 Å². The fourth-order valence-electron chi connectivity index (χ4n) is 7.09. The summed E-state index contributed by atoms with van der Waals surface area (Å²) in [4.78, 5) is 2.55. The highest BCUT2D eigenvalue weighted by Crippen LogP contribution is 2.40. The van der Waals surface area contributed by atoms with Crippen molar-refractivity contribution >= 4 is 5.69 Å². The van der Waals surface area contributed by atoms with Crippen LogP contribution in [-0.4, -0.2) is 11.1 Å². The summed E-state index contributed by atoms with van der Waals surface area (Å²) in [6.45, 7) is 20.9. The Kier molecular flexibility index (Phi) is 11.6. The van der Waals surface area contributed by atoms with Crippen LogP contribution in [0.1, 0.15) is 119 Å². The molecule has 5 aromatic carbocycles. The van der Waals surface area contributed by atoms with Gasteiger partial charge in [-0.2, -0.15) is 0 Å². The molecule has 0 aliphatic rings. The highest BCUT2D eigenvalue weighted by atomic mass is 16.3. The molecule has 0 saturated heterocycles. The maximum atomic E-state index is 11.3. The van der Waals surface area contributed by atoms with Gasteiger partial charge < -0.3 is 10.0 Å². The van der Waals surface area contributed by atoms with Gasteiger partial charge in [0.15, 0.2) is 0 Å². The minimum absolute atomic E-state index is 0.150. The molecule has 0 aliphatic carbocycles. The molecule has 5 aromatic rings. The summed E-state index contributed by atoms with van der Waals surface area (Å²) in [5, 5.41) is 11.3. The van der Waals surface area contributed by atoms with E-state index in [4.69, 9.17) is 0 Å². The number of rotatable bonds is 12. The predicted molar refractivity (Wildman–Crippen MR) is 215 cm³/mol. The Hall–Kier alpha value is -4.30. The van der Waals surface area contributed by atoms with Crippen molar-refractivity contribution in [3.63, 3.8) is 0 Å². The van der Waals surface area contributed by atoms with Crippen molar-refractivity contribution in [2.24, 2.45) is 5.92 Å². The van der Waals surface area contributed by atoms with Gasteiger partial charge in [-0.05, 0) is 124 Å². The molecule has 0 aromatic heterocycles. The maximum absolute atomic E-state index is 11.3. The van der Waals surface area contributed by atoms with Crippen molar-refractivity contribution < 1.29 is 5.11 Å². The number of aromatic hydroxyl groups is 1. The minimum Gasteiger partial charge on any atom is -0.507 e. The molecule has 1 atom stereocenters. The third kappa shape index (κ3) is 9.90. The lowest BCUT2D eigenvalue weighted by Gasteiger charge is -2.34. The number of phenols is 1. The average molecular weight is 666 g/mol. The van der Waals surface area contributed by atoms with Gasteiger partial charge in [0.2, 0.25) is 0 Å². The minimum atomic E-state index is -0.150. The van der Waals surface area contributed by atoms with E-state index in [1.54, 1.807) is 0 Å². The van der Waals surface area contributed by atoms with Gasteiger partial charge in [0.05, 0.1) is 0 Å². The molecule has 2 heteroatoms. The molecular weight excluding hydrogens is 607 g/mol. The molecule has 262 valence electrons. The van der Waals surface area contributed by atoms with E-state index in [1.165, 1.54) is 44.6 Å². The zero-order valence-corrected chi connectivity index (χ0v) is 32.1. The van der Waals surface area contributed by atoms with Gasteiger partial charge in [0.1, 0.15) is 5.75 Å². The van der Waals surface area contributed by atoms with Crippen molar-refractivity contribution in [2.45, 2.75) is 111 Å². The van der Waals surface area contributed by atoms with Crippen molar-refractivity contribution in [3.05, 3.63) is 165 Å². The van der Waals surface area contributed by atoms with Crippen LogP contribution in [0.4, 0.5) is 5.69 Å². The lowest BCUT2D eigenvalue weighted by Crippen LogP contribution is -2.34. The van der Waals surface area contributed by atoms with Crippen molar-refractivity contribution in [1.82, 2.24) is 0 Å². The Labute approximate surface area is 303 Å². The monoisotopic (exact) mass is 665 g/mol. The highest BCUT2D eigenvalue weighted by Gasteiger charge is 2.27. The second-order valence-electron chi connectivity index (χ2n) is 17.0. The summed E-state index contributed by atoms with van der Waals surface area (Å²) in [7, 11) is 0. The summed E-state index contributed by atoms with van der Waals surface area (Å²) in [6, 6.07) is 42.9. The van der Waals surface area contributed by atoms with Gasteiger partial charge in [-0.1, -0.05) is 146 Å². The lowest BCUT2D eigenvalue weighted by atomic mass is 9.78. The van der Waals surface area contributed by atoms with Crippen LogP contribution in [0.25, 0.3) is 0 Å². The third-order valence-corrected chi connectivity index (χ3v) is 9.86. The summed E-state index contributed by atoms with van der Waals surface area (Å²) >= 11 is 0. The number of hydrogen-bond donors (Lipinski definition) is 1. The molecule has 0 aliphatic heterocycles. The highest BCUT2D eigenvalue weighted by molar-refractivity contribution is 5.53. The molecular formula is C48H59NO. The number of phenolic OH excluding ortho intramolecular Hbond substituents is 1. The Morgan fingerprint density at radius 2 is 0.860 bits per heavy atom. The maximum Gasteiger partial charge on any atom is 0.123 e. The van der Waals surface area contributed by atoms with Gasteiger partial charge in [-0.3, -0.25) is 0 Å². The molecule has 0 fully saturated rings. The van der Waals surface area contributed by atoms with Crippen molar-refractivity contribution in [1.29, 1.82) is 0 Å². The molecule has 1 N–H and O–H groups in total. The summed E-state index contributed by atoms with van der Waals surface area (Å²) in [5.41, 5.74) is 12.3. The lowest BCUT2D eigenvalue weighted by molar-refractivity contribution is 0.422. The molecule has 50 heavy (non-hydrogen) atoms. The first kappa shape index (κ1) is 37.0. The first-order valence-electron chi connectivity index (χ1n) is 18.6. The smallest absolute Gasteiger partial charge is 0.123 e.